The van der Waals surface area contributed by atoms with E-state index in [0.717, 1.165) is 19.4 Å². The van der Waals surface area contributed by atoms with E-state index in [0.29, 0.717) is 32.6 Å². The van der Waals surface area contributed by atoms with Crippen LogP contribution in [0.25, 0.3) is 0 Å². The van der Waals surface area contributed by atoms with Gasteiger partial charge in [-0.2, -0.15) is 0 Å². The fourth-order valence-electron chi connectivity index (χ4n) is 2.59. The molecule has 2 fully saturated rings. The minimum Gasteiger partial charge on any atom is -0.388 e. The van der Waals surface area contributed by atoms with Crippen molar-refractivity contribution in [1.82, 2.24) is 10.2 Å². The molecule has 2 N–H and O–H groups in total. The number of hydrogen-bond donors (Lipinski definition) is 2. The number of carbonyl (C=O) groups is 1. The summed E-state index contributed by atoms with van der Waals surface area (Å²) in [7, 11) is 1.77. The monoisotopic (exact) mass is 242 g/mol. The van der Waals surface area contributed by atoms with Crippen LogP contribution in [0.5, 0.6) is 0 Å². The first-order valence-electron chi connectivity index (χ1n) is 6.39. The zero-order valence-electron chi connectivity index (χ0n) is 10.4. The van der Waals surface area contributed by atoms with Crippen LogP contribution in [0.3, 0.4) is 0 Å². The topological polar surface area (TPSA) is 61.8 Å². The third kappa shape index (κ3) is 3.18. The molecule has 0 bridgehead atoms. The first kappa shape index (κ1) is 12.8. The van der Waals surface area contributed by atoms with E-state index in [1.807, 2.05) is 0 Å². The number of rotatable bonds is 3. The summed E-state index contributed by atoms with van der Waals surface area (Å²) in [5.74, 6) is 0.0995. The van der Waals surface area contributed by atoms with Crippen LogP contribution < -0.4 is 5.32 Å². The molecule has 0 spiro atoms. The molecule has 17 heavy (non-hydrogen) atoms. The standard InChI is InChI=1S/C12H22N2O3/c1-14(11(15)10-3-2-6-13-10)9-12(16)4-7-17-8-5-12/h10,13,16H,2-9H2,1H3. The van der Waals surface area contributed by atoms with Gasteiger partial charge in [0.05, 0.1) is 11.6 Å². The van der Waals surface area contributed by atoms with Crippen molar-refractivity contribution in [1.29, 1.82) is 0 Å². The maximum absolute atomic E-state index is 12.1. The van der Waals surface area contributed by atoms with E-state index < -0.39 is 5.60 Å². The van der Waals surface area contributed by atoms with Crippen LogP contribution in [-0.2, 0) is 9.53 Å². The lowest BCUT2D eigenvalue weighted by molar-refractivity contribution is -0.138. The van der Waals surface area contributed by atoms with Gasteiger partial charge in [0.15, 0.2) is 0 Å². The normalized spacial score (nSPS) is 28.0. The Morgan fingerprint density at radius 3 is 2.82 bits per heavy atom. The number of nitrogens with zero attached hydrogens (tertiary/aromatic N) is 1. The summed E-state index contributed by atoms with van der Waals surface area (Å²) >= 11 is 0. The number of carbonyl (C=O) groups excluding carboxylic acids is 1. The number of ether oxygens (including phenoxy) is 1. The molecule has 1 atom stereocenters. The van der Waals surface area contributed by atoms with Crippen molar-refractivity contribution in [3.63, 3.8) is 0 Å². The Morgan fingerprint density at radius 1 is 1.53 bits per heavy atom. The van der Waals surface area contributed by atoms with Crippen LogP contribution in [0, 0.1) is 0 Å². The summed E-state index contributed by atoms with van der Waals surface area (Å²) in [6.45, 7) is 2.50. The molecule has 5 heteroatoms. The minimum atomic E-state index is -0.763. The minimum absolute atomic E-state index is 0.0524. The Labute approximate surface area is 102 Å². The molecule has 0 aromatic heterocycles. The Kier molecular flexibility index (Phi) is 4.01. The van der Waals surface area contributed by atoms with Gasteiger partial charge in [0.2, 0.25) is 5.91 Å². The van der Waals surface area contributed by atoms with Crippen LogP contribution >= 0.6 is 0 Å². The van der Waals surface area contributed by atoms with Gasteiger partial charge in [0.25, 0.3) is 0 Å². The number of likely N-dealkylation sites (N-methyl/N-ethyl adjacent to an activating group) is 1. The molecule has 0 aliphatic carbocycles. The van der Waals surface area contributed by atoms with Crippen molar-refractivity contribution < 1.29 is 14.6 Å². The van der Waals surface area contributed by atoms with Crippen molar-refractivity contribution in [2.24, 2.45) is 0 Å². The molecule has 0 radical (unpaired) electrons. The summed E-state index contributed by atoms with van der Waals surface area (Å²) in [5.41, 5.74) is -0.763. The van der Waals surface area contributed by atoms with Crippen molar-refractivity contribution in [3.8, 4) is 0 Å². The average Bonchev–Trinajstić information content (AvgIpc) is 2.81. The van der Waals surface area contributed by atoms with E-state index in [9.17, 15) is 9.90 Å². The first-order valence-corrected chi connectivity index (χ1v) is 6.39. The van der Waals surface area contributed by atoms with Crippen molar-refractivity contribution in [3.05, 3.63) is 0 Å². The maximum atomic E-state index is 12.1. The van der Waals surface area contributed by atoms with Gasteiger partial charge < -0.3 is 20.1 Å². The summed E-state index contributed by atoms with van der Waals surface area (Å²) in [6, 6.07) is -0.0524. The molecular weight excluding hydrogens is 220 g/mol. The molecule has 0 saturated carbocycles. The summed E-state index contributed by atoms with van der Waals surface area (Å²) in [6.07, 6.45) is 3.19. The molecule has 1 amide bonds. The third-order valence-electron chi connectivity index (χ3n) is 3.69. The van der Waals surface area contributed by atoms with Gasteiger partial charge >= 0.3 is 0 Å². The Balaban J connectivity index is 1.86. The predicted octanol–water partition coefficient (Wildman–Crippen LogP) is -0.262. The quantitative estimate of drug-likeness (QED) is 0.716. The van der Waals surface area contributed by atoms with E-state index in [1.165, 1.54) is 0 Å². The van der Waals surface area contributed by atoms with Crippen molar-refractivity contribution in [2.75, 3.05) is 33.4 Å². The fraction of sp³-hybridized carbons (Fsp3) is 0.917. The molecule has 2 heterocycles. The van der Waals surface area contributed by atoms with Crippen molar-refractivity contribution in [2.45, 2.75) is 37.3 Å². The van der Waals surface area contributed by atoms with Gasteiger partial charge in [-0.1, -0.05) is 0 Å². The molecule has 2 aliphatic heterocycles. The SMILES string of the molecule is CN(CC1(O)CCOCC1)C(=O)C1CCCN1. The summed E-state index contributed by atoms with van der Waals surface area (Å²) < 4.78 is 5.23. The molecule has 2 aliphatic rings. The zero-order chi connectivity index (χ0) is 12.3. The Hall–Kier alpha value is -0.650. The van der Waals surface area contributed by atoms with Crippen LogP contribution in [0.1, 0.15) is 25.7 Å². The van der Waals surface area contributed by atoms with Gasteiger partial charge in [0.1, 0.15) is 0 Å². The highest BCUT2D eigenvalue weighted by Gasteiger charge is 2.34. The van der Waals surface area contributed by atoms with Crippen LogP contribution in [-0.4, -0.2) is 60.9 Å². The number of nitrogens with one attached hydrogen (secondary N) is 1. The highest BCUT2D eigenvalue weighted by atomic mass is 16.5. The predicted molar refractivity (Wildman–Crippen MR) is 63.7 cm³/mol. The average molecular weight is 242 g/mol. The molecule has 2 rings (SSSR count). The highest BCUT2D eigenvalue weighted by Crippen LogP contribution is 2.22. The molecule has 98 valence electrons. The van der Waals surface area contributed by atoms with Gasteiger partial charge in [-0.05, 0) is 19.4 Å². The van der Waals surface area contributed by atoms with E-state index in [-0.39, 0.29) is 11.9 Å². The zero-order valence-corrected chi connectivity index (χ0v) is 10.4. The van der Waals surface area contributed by atoms with Crippen LogP contribution in [0.2, 0.25) is 0 Å². The highest BCUT2D eigenvalue weighted by molar-refractivity contribution is 5.82. The molecule has 2 saturated heterocycles. The molecule has 0 aromatic carbocycles. The number of hydrogen-bond acceptors (Lipinski definition) is 4. The van der Waals surface area contributed by atoms with Gasteiger partial charge in [-0.3, -0.25) is 4.79 Å². The van der Waals surface area contributed by atoms with E-state index >= 15 is 0 Å². The molecular formula is C12H22N2O3. The second-order valence-electron chi connectivity index (χ2n) is 5.18. The maximum Gasteiger partial charge on any atom is 0.239 e. The van der Waals surface area contributed by atoms with Gasteiger partial charge in [0, 0.05) is 39.6 Å². The second kappa shape index (κ2) is 5.33. The lowest BCUT2D eigenvalue weighted by Crippen LogP contribution is -2.50. The summed E-state index contributed by atoms with van der Waals surface area (Å²) in [5, 5.41) is 13.5. The van der Waals surface area contributed by atoms with Crippen molar-refractivity contribution >= 4 is 5.91 Å². The number of amides is 1. The lowest BCUT2D eigenvalue weighted by atomic mass is 9.93. The smallest absolute Gasteiger partial charge is 0.239 e. The molecule has 5 nitrogen and oxygen atoms in total. The van der Waals surface area contributed by atoms with Crippen LogP contribution in [0.15, 0.2) is 0 Å². The van der Waals surface area contributed by atoms with Gasteiger partial charge in [-0.15, -0.1) is 0 Å². The van der Waals surface area contributed by atoms with E-state index in [4.69, 9.17) is 4.74 Å². The second-order valence-corrected chi connectivity index (χ2v) is 5.18. The third-order valence-corrected chi connectivity index (χ3v) is 3.69. The fourth-order valence-corrected chi connectivity index (χ4v) is 2.59. The largest absolute Gasteiger partial charge is 0.388 e. The van der Waals surface area contributed by atoms with E-state index in [1.54, 1.807) is 11.9 Å². The molecule has 0 aromatic rings. The number of aliphatic hydroxyl groups is 1. The van der Waals surface area contributed by atoms with Gasteiger partial charge in [-0.25, -0.2) is 0 Å². The lowest BCUT2D eigenvalue weighted by Gasteiger charge is -2.36. The molecule has 1 unspecified atom stereocenters. The summed E-state index contributed by atoms with van der Waals surface area (Å²) in [4.78, 5) is 13.7. The Morgan fingerprint density at radius 2 is 2.24 bits per heavy atom. The Bertz CT molecular complexity index is 271. The first-order chi connectivity index (χ1) is 8.11. The van der Waals surface area contributed by atoms with Crippen LogP contribution in [0.4, 0.5) is 0 Å². The van der Waals surface area contributed by atoms with E-state index in [2.05, 4.69) is 5.32 Å².